The molecule has 2 aliphatic rings. The Kier molecular flexibility index (Phi) is 7.21. The Labute approximate surface area is 138 Å². The third-order valence-electron chi connectivity index (χ3n) is 5.10. The van der Waals surface area contributed by atoms with E-state index in [9.17, 15) is 0 Å². The summed E-state index contributed by atoms with van der Waals surface area (Å²) in [7, 11) is 0. The molecule has 0 spiro atoms. The third-order valence-corrected chi connectivity index (χ3v) is 5.10. The number of nitrogens with zero attached hydrogens (tertiary/aromatic N) is 3. The van der Waals surface area contributed by atoms with Gasteiger partial charge in [0.15, 0.2) is 0 Å². The predicted molar refractivity (Wildman–Crippen MR) is 95.0 cm³/mol. The van der Waals surface area contributed by atoms with Crippen LogP contribution in [0.15, 0.2) is 0 Å². The van der Waals surface area contributed by atoms with Gasteiger partial charge in [0.25, 0.3) is 0 Å². The number of likely N-dealkylation sites (tertiary alicyclic amines) is 1. The van der Waals surface area contributed by atoms with Crippen LogP contribution in [0.3, 0.4) is 0 Å². The monoisotopic (exact) mass is 305 g/mol. The first-order valence-electron chi connectivity index (χ1n) is 9.25. The van der Waals surface area contributed by atoms with Gasteiger partial charge in [-0.25, -0.2) is 0 Å². The van der Waals surface area contributed by atoms with Crippen molar-refractivity contribution >= 4 is 0 Å². The second-order valence-corrected chi connectivity index (χ2v) is 7.46. The molecule has 22 heavy (non-hydrogen) atoms. The topological polar surface area (TPSA) is 9.72 Å². The van der Waals surface area contributed by atoms with Gasteiger partial charge in [-0.15, -0.1) is 11.8 Å². The van der Waals surface area contributed by atoms with Crippen LogP contribution in [0.5, 0.6) is 0 Å². The minimum atomic E-state index is 0.508. The van der Waals surface area contributed by atoms with Crippen molar-refractivity contribution in [1.29, 1.82) is 0 Å². The van der Waals surface area contributed by atoms with Crippen molar-refractivity contribution in [2.75, 3.05) is 45.8 Å². The molecule has 0 aliphatic carbocycles. The van der Waals surface area contributed by atoms with Gasteiger partial charge in [-0.3, -0.25) is 9.80 Å². The number of piperazine rings is 1. The van der Waals surface area contributed by atoms with Crippen molar-refractivity contribution in [3.63, 3.8) is 0 Å². The normalized spacial score (nSPS) is 23.0. The molecule has 0 aromatic heterocycles. The van der Waals surface area contributed by atoms with Gasteiger partial charge in [0.2, 0.25) is 0 Å². The van der Waals surface area contributed by atoms with Crippen LogP contribution in [-0.4, -0.2) is 72.6 Å². The van der Waals surface area contributed by atoms with E-state index in [0.29, 0.717) is 12.0 Å². The first kappa shape index (κ1) is 17.8. The van der Waals surface area contributed by atoms with Gasteiger partial charge in [0, 0.05) is 57.1 Å². The summed E-state index contributed by atoms with van der Waals surface area (Å²) in [6, 6.07) is 1.54. The van der Waals surface area contributed by atoms with E-state index in [1.807, 2.05) is 0 Å². The van der Waals surface area contributed by atoms with E-state index in [4.69, 9.17) is 0 Å². The highest BCUT2D eigenvalue weighted by molar-refractivity contribution is 5.01. The molecule has 2 rings (SSSR count). The SMILES string of the molecule is CC(C)C#CCCN1CCN(C2CCN(C(C)C)CC2)CC1. The predicted octanol–water partition coefficient (Wildman–Crippen LogP) is 2.53. The fraction of sp³-hybridized carbons (Fsp3) is 0.895. The lowest BCUT2D eigenvalue weighted by atomic mass is 10.0. The summed E-state index contributed by atoms with van der Waals surface area (Å²) >= 11 is 0. The minimum Gasteiger partial charge on any atom is -0.301 e. The first-order valence-corrected chi connectivity index (χ1v) is 9.25. The number of piperidine rings is 1. The second-order valence-electron chi connectivity index (χ2n) is 7.46. The van der Waals surface area contributed by atoms with Gasteiger partial charge in [-0.05, 0) is 39.8 Å². The molecule has 0 aromatic rings. The van der Waals surface area contributed by atoms with E-state index in [0.717, 1.165) is 19.0 Å². The zero-order chi connectivity index (χ0) is 15.9. The minimum absolute atomic E-state index is 0.508. The van der Waals surface area contributed by atoms with Crippen molar-refractivity contribution in [2.24, 2.45) is 5.92 Å². The molecule has 126 valence electrons. The van der Waals surface area contributed by atoms with E-state index in [1.165, 1.54) is 52.1 Å². The molecule has 2 aliphatic heterocycles. The lowest BCUT2D eigenvalue weighted by Gasteiger charge is -2.43. The average molecular weight is 306 g/mol. The average Bonchev–Trinajstić information content (AvgIpc) is 2.52. The van der Waals surface area contributed by atoms with Crippen molar-refractivity contribution < 1.29 is 0 Å². The van der Waals surface area contributed by atoms with Crippen molar-refractivity contribution in [3.8, 4) is 11.8 Å². The molecule has 0 radical (unpaired) electrons. The summed E-state index contributed by atoms with van der Waals surface area (Å²) in [5.74, 6) is 7.09. The fourth-order valence-corrected chi connectivity index (χ4v) is 3.61. The van der Waals surface area contributed by atoms with Crippen LogP contribution in [0.4, 0.5) is 0 Å². The van der Waals surface area contributed by atoms with Crippen molar-refractivity contribution in [2.45, 2.75) is 59.0 Å². The van der Waals surface area contributed by atoms with E-state index in [-0.39, 0.29) is 0 Å². The number of rotatable bonds is 4. The van der Waals surface area contributed by atoms with Crippen LogP contribution in [0.1, 0.15) is 47.0 Å². The van der Waals surface area contributed by atoms with Crippen LogP contribution >= 0.6 is 0 Å². The number of hydrogen-bond donors (Lipinski definition) is 0. The molecule has 0 amide bonds. The molecule has 0 unspecified atom stereocenters. The highest BCUT2D eigenvalue weighted by Crippen LogP contribution is 2.19. The quantitative estimate of drug-likeness (QED) is 0.739. The first-order chi connectivity index (χ1) is 10.6. The Bertz CT molecular complexity index is 364. The highest BCUT2D eigenvalue weighted by Gasteiger charge is 2.27. The van der Waals surface area contributed by atoms with E-state index < -0.39 is 0 Å². The summed E-state index contributed by atoms with van der Waals surface area (Å²) in [6.45, 7) is 17.7. The number of hydrogen-bond acceptors (Lipinski definition) is 3. The lowest BCUT2D eigenvalue weighted by molar-refractivity contribution is 0.0526. The Balaban J connectivity index is 1.64. The van der Waals surface area contributed by atoms with Crippen LogP contribution in [0.25, 0.3) is 0 Å². The molecule has 0 bridgehead atoms. The van der Waals surface area contributed by atoms with Gasteiger partial charge < -0.3 is 4.90 Å². The summed E-state index contributed by atoms with van der Waals surface area (Å²) in [5.41, 5.74) is 0. The summed E-state index contributed by atoms with van der Waals surface area (Å²) in [6.07, 6.45) is 3.75. The lowest BCUT2D eigenvalue weighted by Crippen LogP contribution is -2.53. The van der Waals surface area contributed by atoms with Crippen LogP contribution in [0, 0.1) is 17.8 Å². The Morgan fingerprint density at radius 2 is 1.55 bits per heavy atom. The fourth-order valence-electron chi connectivity index (χ4n) is 3.61. The molecular formula is C19H35N3. The molecule has 3 heteroatoms. The van der Waals surface area contributed by atoms with Crippen LogP contribution in [-0.2, 0) is 0 Å². The molecule has 2 heterocycles. The van der Waals surface area contributed by atoms with Gasteiger partial charge >= 0.3 is 0 Å². The van der Waals surface area contributed by atoms with Gasteiger partial charge in [0.1, 0.15) is 0 Å². The summed E-state index contributed by atoms with van der Waals surface area (Å²) < 4.78 is 0. The summed E-state index contributed by atoms with van der Waals surface area (Å²) in [4.78, 5) is 7.96. The molecule has 0 saturated carbocycles. The molecule has 0 atom stereocenters. The smallest absolute Gasteiger partial charge is 0.0217 e. The van der Waals surface area contributed by atoms with Gasteiger partial charge in [0.05, 0.1) is 0 Å². The zero-order valence-electron chi connectivity index (χ0n) is 15.1. The molecule has 3 nitrogen and oxygen atoms in total. The zero-order valence-corrected chi connectivity index (χ0v) is 15.1. The molecule has 2 fully saturated rings. The molecular weight excluding hydrogens is 270 g/mol. The van der Waals surface area contributed by atoms with Gasteiger partial charge in [-0.1, -0.05) is 13.8 Å². The van der Waals surface area contributed by atoms with E-state index in [2.05, 4.69) is 54.2 Å². The van der Waals surface area contributed by atoms with Crippen molar-refractivity contribution in [1.82, 2.24) is 14.7 Å². The summed E-state index contributed by atoms with van der Waals surface area (Å²) in [5, 5.41) is 0. The Morgan fingerprint density at radius 1 is 0.909 bits per heavy atom. The molecule has 0 N–H and O–H groups in total. The molecule has 2 saturated heterocycles. The second kappa shape index (κ2) is 8.91. The Hall–Kier alpha value is -0.560. The molecule has 0 aromatic carbocycles. The Morgan fingerprint density at radius 3 is 2.09 bits per heavy atom. The highest BCUT2D eigenvalue weighted by atomic mass is 15.3. The maximum Gasteiger partial charge on any atom is 0.0217 e. The van der Waals surface area contributed by atoms with Crippen LogP contribution in [0.2, 0.25) is 0 Å². The van der Waals surface area contributed by atoms with Crippen LogP contribution < -0.4 is 0 Å². The maximum absolute atomic E-state index is 3.31. The largest absolute Gasteiger partial charge is 0.301 e. The standard InChI is InChI=1S/C19H35N3/c1-17(2)7-5-6-10-20-13-15-22(16-14-20)19-8-11-21(12-9-19)18(3)4/h17-19H,6,8-16H2,1-4H3. The van der Waals surface area contributed by atoms with Gasteiger partial charge in [-0.2, -0.15) is 0 Å². The maximum atomic E-state index is 3.31. The van der Waals surface area contributed by atoms with Crippen molar-refractivity contribution in [3.05, 3.63) is 0 Å². The third kappa shape index (κ3) is 5.57. The van der Waals surface area contributed by atoms with E-state index >= 15 is 0 Å². The van der Waals surface area contributed by atoms with E-state index in [1.54, 1.807) is 0 Å².